The molecule has 2 aliphatic carbocycles. The molecule has 302 valence electrons. The highest BCUT2D eigenvalue weighted by molar-refractivity contribution is 6.52. The van der Waals surface area contributed by atoms with Gasteiger partial charge in [-0.2, -0.15) is 0 Å². The van der Waals surface area contributed by atoms with Crippen molar-refractivity contribution in [3.8, 4) is 28.0 Å². The second-order valence-corrected chi connectivity index (χ2v) is 16.6. The summed E-state index contributed by atoms with van der Waals surface area (Å²) < 4.78 is 6.30. The van der Waals surface area contributed by atoms with Gasteiger partial charge in [-0.1, -0.05) is 159 Å². The fourth-order valence-electron chi connectivity index (χ4n) is 10.00. The summed E-state index contributed by atoms with van der Waals surface area (Å²) in [6.45, 7) is 9.51. The van der Waals surface area contributed by atoms with Gasteiger partial charge in [0.05, 0.1) is 29.1 Å². The third-order valence-electron chi connectivity index (χ3n) is 12.9. The maximum Gasteiger partial charge on any atom is 0.201 e. The molecule has 1 atom stereocenters. The first-order valence-corrected chi connectivity index (χ1v) is 21.5. The highest BCUT2D eigenvalue weighted by Crippen LogP contribution is 2.55. The quantitative estimate of drug-likeness (QED) is 0.109. The van der Waals surface area contributed by atoms with Crippen LogP contribution in [-0.4, -0.2) is 17.5 Å². The fourth-order valence-corrected chi connectivity index (χ4v) is 10.00. The molecule has 8 aromatic rings. The van der Waals surface area contributed by atoms with Crippen molar-refractivity contribution in [2.45, 2.75) is 38.4 Å². The molecule has 0 saturated carbocycles. The van der Waals surface area contributed by atoms with Crippen LogP contribution < -0.4 is 31.1 Å². The molecule has 0 fully saturated rings. The van der Waals surface area contributed by atoms with Gasteiger partial charge in [0.1, 0.15) is 11.5 Å². The van der Waals surface area contributed by atoms with Crippen LogP contribution in [0.25, 0.3) is 61.5 Å². The van der Waals surface area contributed by atoms with E-state index in [-0.39, 0.29) is 28.7 Å². The lowest BCUT2D eigenvalue weighted by atomic mass is 9.79. The molecule has 3 aliphatic rings. The van der Waals surface area contributed by atoms with E-state index in [1.54, 1.807) is 0 Å². The van der Waals surface area contributed by atoms with E-state index in [1.165, 1.54) is 11.1 Å². The molecule has 0 radical (unpaired) electrons. The van der Waals surface area contributed by atoms with E-state index in [0.29, 0.717) is 22.6 Å². The number of carbonyl (C=O) groups is 1. The van der Waals surface area contributed by atoms with Crippen LogP contribution in [0.5, 0.6) is 5.75 Å². The topological polar surface area (TPSA) is 82.6 Å². The summed E-state index contributed by atoms with van der Waals surface area (Å²) in [5.74, 6) is 0.526. The molecule has 0 aromatic heterocycles. The number of benzene rings is 8. The van der Waals surface area contributed by atoms with Gasteiger partial charge in [-0.25, -0.2) is 0 Å². The maximum absolute atomic E-state index is 14.7. The van der Waals surface area contributed by atoms with Gasteiger partial charge in [0.2, 0.25) is 5.78 Å². The second kappa shape index (κ2) is 14.6. The zero-order valence-electron chi connectivity index (χ0n) is 34.7. The van der Waals surface area contributed by atoms with Crippen molar-refractivity contribution in [2.75, 3.05) is 22.6 Å². The number of aliphatic hydroxyl groups excluding tert-OH is 1. The Morgan fingerprint density at radius 1 is 0.694 bits per heavy atom. The Hall–Kier alpha value is -7.57. The first kappa shape index (κ1) is 37.4. The summed E-state index contributed by atoms with van der Waals surface area (Å²) in [5, 5.41) is 28.9. The van der Waals surface area contributed by atoms with Crippen LogP contribution in [0.3, 0.4) is 0 Å². The smallest absolute Gasteiger partial charge is 0.201 e. The molecule has 1 unspecified atom stereocenters. The lowest BCUT2D eigenvalue weighted by Crippen LogP contribution is -2.45. The first-order valence-electron chi connectivity index (χ1n) is 21.5. The Balaban J connectivity index is 1.04. The molecule has 6 nitrogen and oxygen atoms in total. The predicted octanol–water partition coefficient (Wildman–Crippen LogP) is 11.8. The minimum Gasteiger partial charge on any atom is -0.506 e. The molecule has 11 rings (SSSR count). The number of ketones is 1. The SMILES string of the molecule is C=c1/c(=C2\C(=O)C(c3ccc4cc(OCCCC)cc5c4c3NC3(N5)c4ccccc4-c4ccccc43)=C2O)ccc2cccc(NC(C)c3ccccc3-c3ccccc3)c12. The molecule has 8 aromatic carbocycles. The van der Waals surface area contributed by atoms with Gasteiger partial charge < -0.3 is 25.8 Å². The summed E-state index contributed by atoms with van der Waals surface area (Å²) in [6.07, 6.45) is 1.99. The van der Waals surface area contributed by atoms with E-state index >= 15 is 0 Å². The standard InChI is InChI=1S/C56H45N3O3/c1-4-5-30-62-38-31-37-27-29-44(53-50(37)48(32-38)58-56(59-53)45-23-13-11-21-42(45)43-22-12-14-24-46(43)56)52-54(60)51(55(52)61)39-28-26-36-18-15-25-47(49(36)33(39)2)57-34(3)40-19-9-10-20-41(40)35-16-7-6-8-17-35/h6-29,31-32,34,57-60H,2,4-5,30H2,1,3H3/b51-39-. The van der Waals surface area contributed by atoms with Crippen LogP contribution in [0.1, 0.15) is 55.0 Å². The summed E-state index contributed by atoms with van der Waals surface area (Å²) in [7, 11) is 0. The Labute approximate surface area is 360 Å². The Morgan fingerprint density at radius 3 is 2.13 bits per heavy atom. The van der Waals surface area contributed by atoms with Crippen molar-refractivity contribution >= 4 is 62.1 Å². The van der Waals surface area contributed by atoms with Gasteiger partial charge in [0.25, 0.3) is 0 Å². The number of rotatable bonds is 9. The second-order valence-electron chi connectivity index (χ2n) is 16.6. The van der Waals surface area contributed by atoms with Crippen molar-refractivity contribution in [3.63, 3.8) is 0 Å². The van der Waals surface area contributed by atoms with Crippen molar-refractivity contribution in [1.29, 1.82) is 0 Å². The zero-order chi connectivity index (χ0) is 42.1. The molecule has 62 heavy (non-hydrogen) atoms. The number of carbonyl (C=O) groups excluding carboxylic acids is 1. The highest BCUT2D eigenvalue weighted by atomic mass is 16.5. The molecule has 1 spiro atoms. The molecule has 0 amide bonds. The number of allylic oxidation sites excluding steroid dienone is 2. The maximum atomic E-state index is 14.7. The number of nitrogens with one attached hydrogen (secondary N) is 3. The average molecular weight is 808 g/mol. The molecular formula is C56H45N3O3. The van der Waals surface area contributed by atoms with Crippen molar-refractivity contribution in [3.05, 3.63) is 196 Å². The third kappa shape index (κ3) is 5.67. The van der Waals surface area contributed by atoms with Gasteiger partial charge >= 0.3 is 0 Å². The Bertz CT molecular complexity index is 3270. The Kier molecular flexibility index (Phi) is 8.79. The van der Waals surface area contributed by atoms with E-state index < -0.39 is 5.66 Å². The van der Waals surface area contributed by atoms with E-state index in [1.807, 2.05) is 36.4 Å². The zero-order valence-corrected chi connectivity index (χ0v) is 34.7. The fraction of sp³-hybridized carbons (Fsp3) is 0.125. The summed E-state index contributed by atoms with van der Waals surface area (Å²) in [6, 6.07) is 53.9. The molecule has 1 aliphatic heterocycles. The highest BCUT2D eigenvalue weighted by Gasteiger charge is 2.47. The third-order valence-corrected chi connectivity index (χ3v) is 12.9. The number of hydrogen-bond donors (Lipinski definition) is 4. The number of fused-ring (bicyclic) bond motifs is 6. The normalized spacial score (nSPS) is 15.7. The first-order chi connectivity index (χ1) is 30.4. The number of anilines is 3. The lowest BCUT2D eigenvalue weighted by Gasteiger charge is -2.41. The van der Waals surface area contributed by atoms with Crippen molar-refractivity contribution in [1.82, 2.24) is 0 Å². The van der Waals surface area contributed by atoms with Crippen LogP contribution >= 0.6 is 0 Å². The van der Waals surface area contributed by atoms with E-state index in [4.69, 9.17) is 4.74 Å². The van der Waals surface area contributed by atoms with Crippen LogP contribution in [0, 0.1) is 0 Å². The number of aliphatic hydroxyl groups is 1. The molecule has 0 bridgehead atoms. The van der Waals surface area contributed by atoms with Crippen LogP contribution in [0.15, 0.2) is 163 Å². The van der Waals surface area contributed by atoms with Gasteiger partial charge in [0, 0.05) is 45.3 Å². The van der Waals surface area contributed by atoms with Crippen molar-refractivity contribution < 1.29 is 14.6 Å². The van der Waals surface area contributed by atoms with Gasteiger partial charge in [-0.15, -0.1) is 0 Å². The predicted molar refractivity (Wildman–Crippen MR) is 255 cm³/mol. The number of Topliss-reactive ketones (excluding diaryl/α,β-unsaturated/α-hetero) is 1. The van der Waals surface area contributed by atoms with Gasteiger partial charge in [-0.05, 0) is 74.5 Å². The largest absolute Gasteiger partial charge is 0.506 e. The van der Waals surface area contributed by atoms with E-state index in [9.17, 15) is 9.90 Å². The molecule has 0 saturated heterocycles. The minimum absolute atomic E-state index is 0.0341. The number of unbranched alkanes of at least 4 members (excludes halogenated alkanes) is 1. The van der Waals surface area contributed by atoms with E-state index in [2.05, 4.69) is 158 Å². The summed E-state index contributed by atoms with van der Waals surface area (Å²) in [4.78, 5) is 14.7. The van der Waals surface area contributed by atoms with Crippen molar-refractivity contribution in [2.24, 2.45) is 0 Å². The number of ether oxygens (including phenoxy) is 1. The molecular weight excluding hydrogens is 763 g/mol. The molecule has 4 N–H and O–H groups in total. The average Bonchev–Trinajstić information content (AvgIpc) is 3.56. The number of hydrogen-bond acceptors (Lipinski definition) is 6. The minimum atomic E-state index is -0.845. The molecule has 6 heteroatoms. The van der Waals surface area contributed by atoms with Crippen LogP contribution in [0.2, 0.25) is 0 Å². The van der Waals surface area contributed by atoms with Crippen LogP contribution in [-0.2, 0) is 10.5 Å². The van der Waals surface area contributed by atoms with E-state index in [0.717, 1.165) is 85.0 Å². The Morgan fingerprint density at radius 2 is 1.39 bits per heavy atom. The summed E-state index contributed by atoms with van der Waals surface area (Å²) in [5.41, 5.74) is 10.9. The van der Waals surface area contributed by atoms with Gasteiger partial charge in [-0.3, -0.25) is 4.79 Å². The van der Waals surface area contributed by atoms with Crippen LogP contribution in [0.4, 0.5) is 17.1 Å². The lowest BCUT2D eigenvalue weighted by molar-refractivity contribution is -0.109. The summed E-state index contributed by atoms with van der Waals surface area (Å²) >= 11 is 0. The molecule has 1 heterocycles. The monoisotopic (exact) mass is 807 g/mol. The van der Waals surface area contributed by atoms with Gasteiger partial charge in [0.15, 0.2) is 5.66 Å².